The monoisotopic (exact) mass is 272 g/mol. The number of hydrogen-bond donors (Lipinski definition) is 0. The molecule has 0 radical (unpaired) electrons. The van der Waals surface area contributed by atoms with Crippen molar-refractivity contribution < 1.29 is 13.2 Å². The lowest BCUT2D eigenvalue weighted by Crippen LogP contribution is -2.35. The Morgan fingerprint density at radius 1 is 1.50 bits per heavy atom. The van der Waals surface area contributed by atoms with Crippen LogP contribution in [0.2, 0.25) is 0 Å². The number of halogens is 4. The first kappa shape index (κ1) is 13.6. The lowest BCUT2D eigenvalue weighted by atomic mass is 10.4. The van der Waals surface area contributed by atoms with Crippen LogP contribution in [0.4, 0.5) is 18.3 Å². The van der Waals surface area contributed by atoms with E-state index < -0.39 is 12.7 Å². The molecule has 1 rings (SSSR count). The van der Waals surface area contributed by atoms with Gasteiger partial charge in [0.2, 0.25) is 0 Å². The molecule has 0 aromatic carbocycles. The van der Waals surface area contributed by atoms with Crippen molar-refractivity contribution in [2.45, 2.75) is 19.5 Å². The van der Waals surface area contributed by atoms with E-state index in [2.05, 4.69) is 4.98 Å². The van der Waals surface area contributed by atoms with Crippen LogP contribution in [0.1, 0.15) is 12.6 Å². The third-order valence-corrected chi connectivity index (χ3v) is 3.02. The van der Waals surface area contributed by atoms with Crippen LogP contribution in [0, 0.1) is 0 Å². The van der Waals surface area contributed by atoms with Crippen molar-refractivity contribution in [3.05, 3.63) is 11.1 Å². The van der Waals surface area contributed by atoms with Crippen LogP contribution in [0.3, 0.4) is 0 Å². The Bertz CT molecular complexity index is 327. The van der Waals surface area contributed by atoms with Gasteiger partial charge in [-0.2, -0.15) is 13.2 Å². The van der Waals surface area contributed by atoms with E-state index in [4.69, 9.17) is 11.6 Å². The van der Waals surface area contributed by atoms with E-state index in [0.717, 1.165) is 17.0 Å². The second kappa shape index (κ2) is 5.72. The van der Waals surface area contributed by atoms with Crippen LogP contribution >= 0.6 is 22.9 Å². The second-order valence-corrected chi connectivity index (χ2v) is 4.42. The van der Waals surface area contributed by atoms with Crippen LogP contribution < -0.4 is 4.90 Å². The number of thiazole rings is 1. The number of hydrogen-bond acceptors (Lipinski definition) is 3. The number of aromatic nitrogens is 1. The van der Waals surface area contributed by atoms with E-state index in [-0.39, 0.29) is 12.4 Å². The molecule has 0 bridgehead atoms. The Labute approximate surface area is 101 Å². The van der Waals surface area contributed by atoms with Crippen molar-refractivity contribution in [2.75, 3.05) is 23.9 Å². The Morgan fingerprint density at radius 2 is 2.19 bits per heavy atom. The summed E-state index contributed by atoms with van der Waals surface area (Å²) in [6.45, 7) is 1.06. The van der Waals surface area contributed by atoms with Crippen molar-refractivity contribution in [3.63, 3.8) is 0 Å². The zero-order chi connectivity index (χ0) is 12.2. The smallest absolute Gasteiger partial charge is 0.338 e. The fraction of sp³-hybridized carbons (Fsp3) is 0.667. The van der Waals surface area contributed by atoms with E-state index in [1.807, 2.05) is 6.92 Å². The summed E-state index contributed by atoms with van der Waals surface area (Å²) in [4.78, 5) is 5.28. The maximum absolute atomic E-state index is 12.3. The maximum Gasteiger partial charge on any atom is 0.406 e. The molecule has 1 aromatic rings. The van der Waals surface area contributed by atoms with Gasteiger partial charge in [0.15, 0.2) is 5.13 Å². The number of aryl methyl sites for hydroxylation is 1. The quantitative estimate of drug-likeness (QED) is 0.765. The van der Waals surface area contributed by atoms with Crippen LogP contribution in [-0.2, 0) is 6.42 Å². The normalized spacial score (nSPS) is 11.8. The molecule has 2 nitrogen and oxygen atoms in total. The summed E-state index contributed by atoms with van der Waals surface area (Å²) in [7, 11) is 0. The molecule has 0 aliphatic rings. The summed E-state index contributed by atoms with van der Waals surface area (Å²) in [6.07, 6.45) is -3.51. The Morgan fingerprint density at radius 3 is 2.62 bits per heavy atom. The van der Waals surface area contributed by atoms with E-state index in [9.17, 15) is 13.2 Å². The SMILES string of the molecule is CCc1csc(N(CCCl)CC(F)(F)F)n1. The highest BCUT2D eigenvalue weighted by Crippen LogP contribution is 2.25. The largest absolute Gasteiger partial charge is 0.406 e. The Hall–Kier alpha value is -0.490. The number of alkyl halides is 4. The first-order valence-electron chi connectivity index (χ1n) is 4.78. The summed E-state index contributed by atoms with van der Waals surface area (Å²) in [5, 5.41) is 2.15. The van der Waals surface area contributed by atoms with Crippen molar-refractivity contribution in [3.8, 4) is 0 Å². The zero-order valence-corrected chi connectivity index (χ0v) is 10.3. The van der Waals surface area contributed by atoms with Crippen LogP contribution in [0.25, 0.3) is 0 Å². The van der Waals surface area contributed by atoms with Gasteiger partial charge in [-0.15, -0.1) is 22.9 Å². The molecule has 0 saturated carbocycles. The standard InChI is InChI=1S/C9H12ClF3N2S/c1-2-7-5-16-8(14-7)15(4-3-10)6-9(11,12)13/h5H,2-4,6H2,1H3. The van der Waals surface area contributed by atoms with Gasteiger partial charge in [0, 0.05) is 17.8 Å². The topological polar surface area (TPSA) is 16.1 Å². The maximum atomic E-state index is 12.3. The van der Waals surface area contributed by atoms with Gasteiger partial charge >= 0.3 is 6.18 Å². The van der Waals surface area contributed by atoms with Gasteiger partial charge in [-0.1, -0.05) is 6.92 Å². The minimum absolute atomic E-state index is 0.150. The van der Waals surface area contributed by atoms with Crippen LogP contribution in [0.15, 0.2) is 5.38 Å². The number of anilines is 1. The third-order valence-electron chi connectivity index (χ3n) is 1.90. The molecule has 0 amide bonds. The highest BCUT2D eigenvalue weighted by Gasteiger charge is 2.31. The summed E-state index contributed by atoms with van der Waals surface area (Å²) in [5.41, 5.74) is 0.807. The van der Waals surface area contributed by atoms with E-state index in [0.29, 0.717) is 5.13 Å². The van der Waals surface area contributed by atoms with Gasteiger partial charge in [0.05, 0.1) is 5.69 Å². The third kappa shape index (κ3) is 4.17. The average Bonchev–Trinajstić information content (AvgIpc) is 2.63. The predicted molar refractivity (Wildman–Crippen MR) is 60.5 cm³/mol. The highest BCUT2D eigenvalue weighted by atomic mass is 35.5. The minimum atomic E-state index is -4.23. The summed E-state index contributed by atoms with van der Waals surface area (Å²) < 4.78 is 36.9. The van der Waals surface area contributed by atoms with Gasteiger partial charge in [-0.3, -0.25) is 0 Å². The molecule has 0 saturated heterocycles. The van der Waals surface area contributed by atoms with Crippen LogP contribution in [0.5, 0.6) is 0 Å². The summed E-state index contributed by atoms with van der Waals surface area (Å²) in [5.74, 6) is 0.150. The number of nitrogens with zero attached hydrogens (tertiary/aromatic N) is 2. The van der Waals surface area contributed by atoms with E-state index in [1.54, 1.807) is 5.38 Å². The van der Waals surface area contributed by atoms with Gasteiger partial charge < -0.3 is 4.90 Å². The highest BCUT2D eigenvalue weighted by molar-refractivity contribution is 7.13. The van der Waals surface area contributed by atoms with Crippen molar-refractivity contribution in [2.24, 2.45) is 0 Å². The lowest BCUT2D eigenvalue weighted by Gasteiger charge is -2.21. The minimum Gasteiger partial charge on any atom is -0.338 e. The molecule has 1 aromatic heterocycles. The molecule has 92 valence electrons. The second-order valence-electron chi connectivity index (χ2n) is 3.20. The Balaban J connectivity index is 2.76. The van der Waals surface area contributed by atoms with E-state index >= 15 is 0 Å². The summed E-state index contributed by atoms with van der Waals surface area (Å²) >= 11 is 6.70. The average molecular weight is 273 g/mol. The summed E-state index contributed by atoms with van der Waals surface area (Å²) in [6, 6.07) is 0. The van der Waals surface area contributed by atoms with Gasteiger partial charge in [0.1, 0.15) is 6.54 Å². The molecule has 7 heteroatoms. The first-order valence-corrected chi connectivity index (χ1v) is 6.19. The molecule has 0 spiro atoms. The molecule has 0 aliphatic heterocycles. The first-order chi connectivity index (χ1) is 7.46. The molecule has 16 heavy (non-hydrogen) atoms. The molecule has 0 fully saturated rings. The fourth-order valence-electron chi connectivity index (χ4n) is 1.16. The van der Waals surface area contributed by atoms with Crippen molar-refractivity contribution in [1.82, 2.24) is 4.98 Å². The zero-order valence-electron chi connectivity index (χ0n) is 8.72. The Kier molecular flexibility index (Phi) is 4.86. The lowest BCUT2D eigenvalue weighted by molar-refractivity contribution is -0.119. The van der Waals surface area contributed by atoms with Gasteiger partial charge in [0.25, 0.3) is 0 Å². The number of rotatable bonds is 5. The molecule has 0 unspecified atom stereocenters. The van der Waals surface area contributed by atoms with Gasteiger partial charge in [-0.25, -0.2) is 4.98 Å². The molecule has 0 atom stereocenters. The molecule has 1 heterocycles. The molecular weight excluding hydrogens is 261 g/mol. The molecule has 0 aliphatic carbocycles. The van der Waals surface area contributed by atoms with Crippen molar-refractivity contribution in [1.29, 1.82) is 0 Å². The van der Waals surface area contributed by atoms with E-state index in [1.165, 1.54) is 11.3 Å². The van der Waals surface area contributed by atoms with Gasteiger partial charge in [-0.05, 0) is 6.42 Å². The van der Waals surface area contributed by atoms with Crippen LogP contribution in [-0.4, -0.2) is 30.1 Å². The predicted octanol–water partition coefficient (Wildman–Crippen LogP) is 3.31. The molecular formula is C9H12ClF3N2S. The molecule has 0 N–H and O–H groups in total. The van der Waals surface area contributed by atoms with Crippen molar-refractivity contribution >= 4 is 28.1 Å². The fourth-order valence-corrected chi connectivity index (χ4v) is 2.30.